The van der Waals surface area contributed by atoms with Gasteiger partial charge in [-0.15, -0.1) is 0 Å². The van der Waals surface area contributed by atoms with Crippen LogP contribution in [-0.2, 0) is 11.2 Å². The average Bonchev–Trinajstić information content (AvgIpc) is 3.21. The van der Waals surface area contributed by atoms with Crippen LogP contribution in [0, 0.1) is 0 Å². The summed E-state index contributed by atoms with van der Waals surface area (Å²) < 4.78 is 21.9. The molecule has 0 aromatic heterocycles. The maximum absolute atomic E-state index is 13.5. The standard InChI is InChI=1S/C22H22N2O6/c1-4-5-23-21-13-8-19-18(29-11-30-19)6-12(13)7-20(25)24(21)15-10-17(28-3)16(27-2)9-14(15)22(23)26/h6,8-10,21H,4-5,7,11H2,1-3H3. The van der Waals surface area contributed by atoms with E-state index in [4.69, 9.17) is 18.9 Å². The molecule has 5 rings (SSSR count). The molecule has 8 heteroatoms. The summed E-state index contributed by atoms with van der Waals surface area (Å²) in [6, 6.07) is 7.10. The third-order valence-corrected chi connectivity index (χ3v) is 5.78. The van der Waals surface area contributed by atoms with Crippen molar-refractivity contribution < 1.29 is 28.5 Å². The van der Waals surface area contributed by atoms with Gasteiger partial charge in [0.1, 0.15) is 6.17 Å². The van der Waals surface area contributed by atoms with Gasteiger partial charge in [-0.25, -0.2) is 0 Å². The zero-order valence-electron chi connectivity index (χ0n) is 17.1. The number of anilines is 1. The number of fused-ring (bicyclic) bond motifs is 6. The first-order valence-electron chi connectivity index (χ1n) is 9.88. The fourth-order valence-corrected chi connectivity index (χ4v) is 4.46. The van der Waals surface area contributed by atoms with Gasteiger partial charge in [-0.1, -0.05) is 6.92 Å². The molecule has 8 nitrogen and oxygen atoms in total. The van der Waals surface area contributed by atoms with Crippen molar-refractivity contribution >= 4 is 17.5 Å². The van der Waals surface area contributed by atoms with Crippen molar-refractivity contribution in [3.63, 3.8) is 0 Å². The molecule has 2 aromatic rings. The maximum atomic E-state index is 13.5. The molecule has 0 radical (unpaired) electrons. The van der Waals surface area contributed by atoms with Gasteiger partial charge in [0.2, 0.25) is 12.7 Å². The summed E-state index contributed by atoms with van der Waals surface area (Å²) >= 11 is 0. The van der Waals surface area contributed by atoms with E-state index in [1.807, 2.05) is 19.1 Å². The number of benzene rings is 2. The summed E-state index contributed by atoms with van der Waals surface area (Å²) in [6.45, 7) is 2.67. The number of nitrogens with zero attached hydrogens (tertiary/aromatic N) is 2. The van der Waals surface area contributed by atoms with E-state index < -0.39 is 6.17 Å². The van der Waals surface area contributed by atoms with Gasteiger partial charge in [-0.3, -0.25) is 14.5 Å². The van der Waals surface area contributed by atoms with Crippen LogP contribution in [0.15, 0.2) is 24.3 Å². The van der Waals surface area contributed by atoms with Crippen molar-refractivity contribution in [1.29, 1.82) is 0 Å². The second kappa shape index (κ2) is 6.83. The van der Waals surface area contributed by atoms with Gasteiger partial charge in [0, 0.05) is 18.2 Å². The van der Waals surface area contributed by atoms with Crippen LogP contribution in [0.4, 0.5) is 5.69 Å². The summed E-state index contributed by atoms with van der Waals surface area (Å²) in [4.78, 5) is 30.3. The molecule has 2 aromatic carbocycles. The lowest BCUT2D eigenvalue weighted by molar-refractivity contribution is -0.119. The molecule has 156 valence electrons. The van der Waals surface area contributed by atoms with Crippen LogP contribution in [-0.4, -0.2) is 44.3 Å². The van der Waals surface area contributed by atoms with Gasteiger partial charge in [0.25, 0.3) is 5.91 Å². The normalized spacial score (nSPS) is 18.7. The highest BCUT2D eigenvalue weighted by Gasteiger charge is 2.46. The lowest BCUT2D eigenvalue weighted by Crippen LogP contribution is -2.54. The summed E-state index contributed by atoms with van der Waals surface area (Å²) in [7, 11) is 3.05. The fraction of sp³-hybridized carbons (Fsp3) is 0.364. The Morgan fingerprint density at radius 3 is 2.43 bits per heavy atom. The molecule has 0 bridgehead atoms. The van der Waals surface area contributed by atoms with Gasteiger partial charge in [-0.05, 0) is 30.2 Å². The molecule has 0 N–H and O–H groups in total. The minimum atomic E-state index is -0.547. The number of carbonyl (C=O) groups excluding carboxylic acids is 2. The van der Waals surface area contributed by atoms with E-state index in [2.05, 4.69) is 0 Å². The van der Waals surface area contributed by atoms with Crippen molar-refractivity contribution in [2.45, 2.75) is 25.9 Å². The van der Waals surface area contributed by atoms with Crippen molar-refractivity contribution in [3.8, 4) is 23.0 Å². The Hall–Kier alpha value is -3.42. The van der Waals surface area contributed by atoms with Crippen LogP contribution < -0.4 is 23.8 Å². The van der Waals surface area contributed by atoms with Gasteiger partial charge >= 0.3 is 0 Å². The van der Waals surface area contributed by atoms with Crippen LogP contribution in [0.5, 0.6) is 23.0 Å². The molecule has 0 spiro atoms. The zero-order valence-corrected chi connectivity index (χ0v) is 17.1. The summed E-state index contributed by atoms with van der Waals surface area (Å²) in [6.07, 6.45) is 0.422. The Kier molecular flexibility index (Phi) is 4.23. The second-order valence-electron chi connectivity index (χ2n) is 7.44. The zero-order chi connectivity index (χ0) is 21.0. The van der Waals surface area contributed by atoms with Crippen molar-refractivity contribution in [2.24, 2.45) is 0 Å². The monoisotopic (exact) mass is 410 g/mol. The topological polar surface area (TPSA) is 77.5 Å². The molecule has 30 heavy (non-hydrogen) atoms. The molecule has 3 heterocycles. The van der Waals surface area contributed by atoms with Crippen LogP contribution in [0.3, 0.4) is 0 Å². The van der Waals surface area contributed by atoms with Crippen molar-refractivity contribution in [2.75, 3.05) is 32.5 Å². The number of methoxy groups -OCH3 is 2. The van der Waals surface area contributed by atoms with E-state index in [9.17, 15) is 9.59 Å². The van der Waals surface area contributed by atoms with E-state index in [-0.39, 0.29) is 25.0 Å². The maximum Gasteiger partial charge on any atom is 0.258 e. The molecule has 3 aliphatic rings. The lowest BCUT2D eigenvalue weighted by atomic mass is 9.90. The van der Waals surface area contributed by atoms with Crippen LogP contribution in [0.25, 0.3) is 0 Å². The van der Waals surface area contributed by atoms with E-state index in [1.54, 1.807) is 21.9 Å². The third kappa shape index (κ3) is 2.52. The molecule has 1 unspecified atom stereocenters. The molecule has 2 amide bonds. The molecule has 0 saturated heterocycles. The Morgan fingerprint density at radius 1 is 1.03 bits per heavy atom. The molecule has 0 saturated carbocycles. The largest absolute Gasteiger partial charge is 0.493 e. The minimum absolute atomic E-state index is 0.0894. The highest BCUT2D eigenvalue weighted by molar-refractivity contribution is 6.10. The van der Waals surface area contributed by atoms with E-state index in [1.165, 1.54) is 14.2 Å². The van der Waals surface area contributed by atoms with Crippen LogP contribution in [0.2, 0.25) is 0 Å². The fourth-order valence-electron chi connectivity index (χ4n) is 4.46. The molecule has 0 aliphatic carbocycles. The number of hydrogen-bond donors (Lipinski definition) is 0. The van der Waals surface area contributed by atoms with Gasteiger partial charge in [0.15, 0.2) is 23.0 Å². The lowest BCUT2D eigenvalue weighted by Gasteiger charge is -2.47. The summed E-state index contributed by atoms with van der Waals surface area (Å²) in [5.41, 5.74) is 2.68. The van der Waals surface area contributed by atoms with E-state index in [0.717, 1.165) is 17.5 Å². The number of hydrogen-bond acceptors (Lipinski definition) is 6. The highest BCUT2D eigenvalue weighted by Crippen LogP contribution is 2.48. The predicted octanol–water partition coefficient (Wildman–Crippen LogP) is 2.89. The Morgan fingerprint density at radius 2 is 1.73 bits per heavy atom. The van der Waals surface area contributed by atoms with Crippen molar-refractivity contribution in [1.82, 2.24) is 4.90 Å². The SMILES string of the molecule is CCCN1C(=O)c2cc(OC)c(OC)cc2N2C(=O)Cc3cc4c(cc3C12)OCO4. The predicted molar refractivity (Wildman–Crippen MR) is 107 cm³/mol. The van der Waals surface area contributed by atoms with Gasteiger partial charge in [-0.2, -0.15) is 0 Å². The minimum Gasteiger partial charge on any atom is -0.493 e. The second-order valence-corrected chi connectivity index (χ2v) is 7.44. The number of ether oxygens (including phenoxy) is 4. The molecular weight excluding hydrogens is 388 g/mol. The molecular formula is C22H22N2O6. The summed E-state index contributed by atoms with van der Waals surface area (Å²) in [5.74, 6) is 1.94. The Labute approximate surface area is 173 Å². The highest BCUT2D eigenvalue weighted by atomic mass is 16.7. The van der Waals surface area contributed by atoms with E-state index >= 15 is 0 Å². The smallest absolute Gasteiger partial charge is 0.258 e. The first-order valence-corrected chi connectivity index (χ1v) is 9.88. The van der Waals surface area contributed by atoms with Crippen molar-refractivity contribution in [3.05, 3.63) is 41.0 Å². The van der Waals surface area contributed by atoms with Gasteiger partial charge in [0.05, 0.1) is 31.9 Å². The first kappa shape index (κ1) is 18.6. The Bertz CT molecular complexity index is 1070. The number of carbonyl (C=O) groups is 2. The molecule has 3 aliphatic heterocycles. The first-order chi connectivity index (χ1) is 14.6. The van der Waals surface area contributed by atoms with Gasteiger partial charge < -0.3 is 23.8 Å². The third-order valence-electron chi connectivity index (χ3n) is 5.78. The Balaban J connectivity index is 1.74. The van der Waals surface area contributed by atoms with Crippen LogP contribution in [0.1, 0.15) is 41.0 Å². The quantitative estimate of drug-likeness (QED) is 0.771. The number of rotatable bonds is 4. The van der Waals surface area contributed by atoms with Crippen LogP contribution >= 0.6 is 0 Å². The summed E-state index contributed by atoms with van der Waals surface area (Å²) in [5, 5.41) is 0. The average molecular weight is 410 g/mol. The molecule has 1 atom stereocenters. The molecule has 0 fully saturated rings. The van der Waals surface area contributed by atoms with E-state index in [0.29, 0.717) is 40.8 Å². The number of amides is 2.